The van der Waals surface area contributed by atoms with Crippen LogP contribution in [0.2, 0.25) is 0 Å². The van der Waals surface area contributed by atoms with Gasteiger partial charge in [-0.25, -0.2) is 9.37 Å². The third-order valence-electron chi connectivity index (χ3n) is 2.22. The van der Waals surface area contributed by atoms with E-state index in [0.717, 1.165) is 0 Å². The summed E-state index contributed by atoms with van der Waals surface area (Å²) in [7, 11) is 0. The molecule has 5 heteroatoms. The van der Waals surface area contributed by atoms with Crippen molar-refractivity contribution in [2.75, 3.05) is 6.54 Å². The van der Waals surface area contributed by atoms with E-state index in [1.807, 2.05) is 0 Å². The van der Waals surface area contributed by atoms with Gasteiger partial charge in [-0.3, -0.25) is 0 Å². The van der Waals surface area contributed by atoms with Crippen LogP contribution in [-0.2, 0) is 0 Å². The van der Waals surface area contributed by atoms with Gasteiger partial charge in [-0.15, -0.1) is 0 Å². The predicted octanol–water partition coefficient (Wildman–Crippen LogP) is 1.08. The van der Waals surface area contributed by atoms with Gasteiger partial charge in [-0.1, -0.05) is 0 Å². The number of aromatic amines is 1. The third-order valence-corrected chi connectivity index (χ3v) is 2.22. The van der Waals surface area contributed by atoms with E-state index >= 15 is 0 Å². The Labute approximate surface area is 85.9 Å². The maximum absolute atomic E-state index is 12.9. The molecule has 0 saturated heterocycles. The zero-order valence-corrected chi connectivity index (χ0v) is 8.07. The van der Waals surface area contributed by atoms with Gasteiger partial charge in [-0.05, 0) is 31.2 Å². The van der Waals surface area contributed by atoms with Gasteiger partial charge < -0.3 is 15.8 Å². The number of nitrogens with zero attached hydrogens (tertiary/aromatic N) is 1. The van der Waals surface area contributed by atoms with E-state index in [4.69, 9.17) is 5.73 Å². The Kier molecular flexibility index (Phi) is 2.66. The van der Waals surface area contributed by atoms with Gasteiger partial charge in [0, 0.05) is 0 Å². The van der Waals surface area contributed by atoms with Crippen LogP contribution in [0.5, 0.6) is 0 Å². The normalized spacial score (nSPS) is 13.3. The summed E-state index contributed by atoms with van der Waals surface area (Å²) in [6.07, 6.45) is -0.284. The van der Waals surface area contributed by atoms with Crippen molar-refractivity contribution in [3.05, 3.63) is 29.8 Å². The summed E-state index contributed by atoms with van der Waals surface area (Å²) in [5.41, 5.74) is 6.55. The first-order valence-electron chi connectivity index (χ1n) is 4.74. The molecule has 0 spiro atoms. The van der Waals surface area contributed by atoms with Crippen LogP contribution in [0.15, 0.2) is 18.2 Å². The summed E-state index contributed by atoms with van der Waals surface area (Å²) in [6, 6.07) is 4.25. The molecule has 1 aromatic heterocycles. The molecule has 1 unspecified atom stereocenters. The van der Waals surface area contributed by atoms with E-state index in [0.29, 0.717) is 29.8 Å². The lowest BCUT2D eigenvalue weighted by Gasteiger charge is -2.03. The number of nitrogens with one attached hydrogen (secondary N) is 1. The van der Waals surface area contributed by atoms with Crippen LogP contribution in [0.4, 0.5) is 4.39 Å². The number of aromatic nitrogens is 2. The molecule has 0 fully saturated rings. The van der Waals surface area contributed by atoms with Crippen molar-refractivity contribution in [2.24, 2.45) is 5.73 Å². The maximum atomic E-state index is 12.9. The fraction of sp³-hybridized carbons (Fsp3) is 0.300. The fourth-order valence-electron chi connectivity index (χ4n) is 1.45. The van der Waals surface area contributed by atoms with Crippen LogP contribution in [0.3, 0.4) is 0 Å². The van der Waals surface area contributed by atoms with E-state index in [9.17, 15) is 9.50 Å². The molecular weight excluding hydrogens is 197 g/mol. The summed E-state index contributed by atoms with van der Waals surface area (Å²) >= 11 is 0. The number of rotatable bonds is 3. The Hall–Kier alpha value is -1.46. The molecule has 0 aliphatic heterocycles. The minimum absolute atomic E-state index is 0.328. The Morgan fingerprint density at radius 3 is 3.07 bits per heavy atom. The summed E-state index contributed by atoms with van der Waals surface area (Å²) in [5, 5.41) is 9.62. The van der Waals surface area contributed by atoms with Crippen molar-refractivity contribution >= 4 is 11.0 Å². The lowest BCUT2D eigenvalue weighted by atomic mass is 10.2. The van der Waals surface area contributed by atoms with Crippen LogP contribution in [0.25, 0.3) is 11.0 Å². The van der Waals surface area contributed by atoms with E-state index in [1.165, 1.54) is 12.1 Å². The summed E-state index contributed by atoms with van der Waals surface area (Å²) in [5.74, 6) is 0.104. The fourth-order valence-corrected chi connectivity index (χ4v) is 1.45. The van der Waals surface area contributed by atoms with Gasteiger partial charge in [-0.2, -0.15) is 0 Å². The lowest BCUT2D eigenvalue weighted by Crippen LogP contribution is -2.07. The van der Waals surface area contributed by atoms with E-state index in [-0.39, 0.29) is 5.82 Å². The molecule has 1 heterocycles. The Morgan fingerprint density at radius 2 is 2.33 bits per heavy atom. The number of aliphatic hydroxyl groups is 1. The molecule has 0 amide bonds. The highest BCUT2D eigenvalue weighted by atomic mass is 19.1. The SMILES string of the molecule is NCCC(O)c1nc2ccc(F)cc2[nH]1. The summed E-state index contributed by atoms with van der Waals surface area (Å²) in [6.45, 7) is 0.382. The van der Waals surface area contributed by atoms with Gasteiger partial charge in [0.15, 0.2) is 0 Å². The number of hydrogen-bond donors (Lipinski definition) is 3. The highest BCUT2D eigenvalue weighted by Gasteiger charge is 2.11. The number of fused-ring (bicyclic) bond motifs is 1. The van der Waals surface area contributed by atoms with E-state index in [1.54, 1.807) is 6.07 Å². The minimum Gasteiger partial charge on any atom is -0.385 e. The summed E-state index contributed by atoms with van der Waals surface area (Å²) in [4.78, 5) is 7.01. The second-order valence-corrected chi connectivity index (χ2v) is 3.38. The minimum atomic E-state index is -0.717. The van der Waals surface area contributed by atoms with E-state index in [2.05, 4.69) is 9.97 Å². The van der Waals surface area contributed by atoms with Crippen molar-refractivity contribution in [1.82, 2.24) is 9.97 Å². The number of halogens is 1. The topological polar surface area (TPSA) is 74.9 Å². The molecular formula is C10H12FN3O. The van der Waals surface area contributed by atoms with Gasteiger partial charge in [0.05, 0.1) is 11.0 Å². The molecule has 1 aromatic carbocycles. The molecule has 1 atom stereocenters. The molecule has 0 bridgehead atoms. The van der Waals surface area contributed by atoms with Crippen LogP contribution >= 0.6 is 0 Å². The average Bonchev–Trinajstić information content (AvgIpc) is 2.60. The van der Waals surface area contributed by atoms with Crippen LogP contribution in [-0.4, -0.2) is 21.6 Å². The number of aliphatic hydroxyl groups excluding tert-OH is 1. The smallest absolute Gasteiger partial charge is 0.136 e. The Balaban J connectivity index is 2.38. The molecule has 0 saturated carbocycles. The number of imidazole rings is 1. The van der Waals surface area contributed by atoms with Gasteiger partial charge in [0.2, 0.25) is 0 Å². The number of H-pyrrole nitrogens is 1. The van der Waals surface area contributed by atoms with Crippen LogP contribution < -0.4 is 5.73 Å². The predicted molar refractivity (Wildman–Crippen MR) is 54.7 cm³/mol. The van der Waals surface area contributed by atoms with Crippen molar-refractivity contribution in [3.8, 4) is 0 Å². The average molecular weight is 209 g/mol. The Morgan fingerprint density at radius 1 is 1.53 bits per heavy atom. The summed E-state index contributed by atoms with van der Waals surface area (Å²) < 4.78 is 12.9. The molecule has 4 nitrogen and oxygen atoms in total. The number of benzene rings is 1. The number of hydrogen-bond acceptors (Lipinski definition) is 3. The molecule has 80 valence electrons. The van der Waals surface area contributed by atoms with Crippen molar-refractivity contribution in [1.29, 1.82) is 0 Å². The maximum Gasteiger partial charge on any atom is 0.136 e. The van der Waals surface area contributed by atoms with Gasteiger partial charge in [0.1, 0.15) is 17.7 Å². The Bertz CT molecular complexity index is 469. The van der Waals surface area contributed by atoms with Crippen molar-refractivity contribution < 1.29 is 9.50 Å². The molecule has 0 aliphatic rings. The lowest BCUT2D eigenvalue weighted by molar-refractivity contribution is 0.162. The second kappa shape index (κ2) is 3.96. The first-order chi connectivity index (χ1) is 7.20. The molecule has 0 aliphatic carbocycles. The molecule has 2 aromatic rings. The number of nitrogens with two attached hydrogens (primary N) is 1. The van der Waals surface area contributed by atoms with Crippen molar-refractivity contribution in [3.63, 3.8) is 0 Å². The second-order valence-electron chi connectivity index (χ2n) is 3.38. The van der Waals surface area contributed by atoms with Crippen LogP contribution in [0, 0.1) is 5.82 Å². The standard InChI is InChI=1S/C10H12FN3O/c11-6-1-2-7-8(5-6)14-10(13-7)9(15)3-4-12/h1-2,5,9,15H,3-4,12H2,(H,13,14). The first-order valence-corrected chi connectivity index (χ1v) is 4.74. The monoisotopic (exact) mass is 209 g/mol. The zero-order chi connectivity index (χ0) is 10.8. The van der Waals surface area contributed by atoms with Crippen LogP contribution in [0.1, 0.15) is 18.3 Å². The molecule has 15 heavy (non-hydrogen) atoms. The molecule has 0 radical (unpaired) electrons. The highest BCUT2D eigenvalue weighted by molar-refractivity contribution is 5.74. The zero-order valence-electron chi connectivity index (χ0n) is 8.07. The van der Waals surface area contributed by atoms with Gasteiger partial charge in [0.25, 0.3) is 0 Å². The van der Waals surface area contributed by atoms with Gasteiger partial charge >= 0.3 is 0 Å². The molecule has 2 rings (SSSR count). The highest BCUT2D eigenvalue weighted by Crippen LogP contribution is 2.18. The quantitative estimate of drug-likeness (QED) is 0.708. The largest absolute Gasteiger partial charge is 0.385 e. The van der Waals surface area contributed by atoms with Crippen molar-refractivity contribution in [2.45, 2.75) is 12.5 Å². The third kappa shape index (κ3) is 1.98. The first kappa shape index (κ1) is 10.1. The van der Waals surface area contributed by atoms with E-state index < -0.39 is 6.10 Å². The molecule has 4 N–H and O–H groups in total.